The average Bonchev–Trinajstić information content (AvgIpc) is 2.15. The lowest BCUT2D eigenvalue weighted by Gasteiger charge is -2.48. The average molecular weight is 240 g/mol. The molecule has 3 unspecified atom stereocenters. The summed E-state index contributed by atoms with van der Waals surface area (Å²) in [5, 5.41) is 0. The molecule has 1 aliphatic heterocycles. The smallest absolute Gasteiger partial charge is 0.0656 e. The third kappa shape index (κ3) is 3.98. The molecular formula is C16H32O. The van der Waals surface area contributed by atoms with E-state index in [4.69, 9.17) is 4.74 Å². The molecule has 1 fully saturated rings. The van der Waals surface area contributed by atoms with Crippen molar-refractivity contribution in [2.24, 2.45) is 22.7 Å². The fourth-order valence-electron chi connectivity index (χ4n) is 3.18. The third-order valence-electron chi connectivity index (χ3n) is 4.13. The summed E-state index contributed by atoms with van der Waals surface area (Å²) in [5.74, 6) is 1.47. The molecule has 1 nitrogen and oxygen atoms in total. The van der Waals surface area contributed by atoms with E-state index in [1.54, 1.807) is 0 Å². The normalized spacial score (nSPS) is 31.6. The van der Waals surface area contributed by atoms with Crippen molar-refractivity contribution in [2.75, 3.05) is 6.61 Å². The van der Waals surface area contributed by atoms with Gasteiger partial charge in [-0.05, 0) is 35.5 Å². The molecule has 102 valence electrons. The van der Waals surface area contributed by atoms with Gasteiger partial charge in [-0.3, -0.25) is 0 Å². The van der Waals surface area contributed by atoms with Crippen molar-refractivity contribution in [1.82, 2.24) is 0 Å². The van der Waals surface area contributed by atoms with Crippen LogP contribution >= 0.6 is 0 Å². The van der Waals surface area contributed by atoms with Crippen LogP contribution < -0.4 is 0 Å². The molecule has 0 aliphatic carbocycles. The second-order valence-corrected chi connectivity index (χ2v) is 7.98. The summed E-state index contributed by atoms with van der Waals surface area (Å²) in [5.41, 5.74) is 0.611. The van der Waals surface area contributed by atoms with Gasteiger partial charge in [0.15, 0.2) is 0 Å². The summed E-state index contributed by atoms with van der Waals surface area (Å²) in [6.07, 6.45) is 4.36. The lowest BCUT2D eigenvalue weighted by molar-refractivity contribution is -0.136. The Morgan fingerprint density at radius 3 is 2.00 bits per heavy atom. The number of hydrogen-bond donors (Lipinski definition) is 0. The summed E-state index contributed by atoms with van der Waals surface area (Å²) in [7, 11) is 0. The molecule has 1 rings (SSSR count). The lowest BCUT2D eigenvalue weighted by atomic mass is 9.65. The summed E-state index contributed by atoms with van der Waals surface area (Å²) in [4.78, 5) is 0. The van der Waals surface area contributed by atoms with Crippen LogP contribution in [0, 0.1) is 22.7 Å². The molecule has 0 saturated carbocycles. The molecule has 0 aromatic rings. The lowest BCUT2D eigenvalue weighted by Crippen LogP contribution is -2.47. The Hall–Kier alpha value is -0.0400. The van der Waals surface area contributed by atoms with Gasteiger partial charge in [-0.2, -0.15) is 0 Å². The monoisotopic (exact) mass is 240 g/mol. The summed E-state index contributed by atoms with van der Waals surface area (Å²) in [6.45, 7) is 17.3. The van der Waals surface area contributed by atoms with Crippen LogP contribution in [0.4, 0.5) is 0 Å². The molecule has 0 N–H and O–H groups in total. The van der Waals surface area contributed by atoms with E-state index in [9.17, 15) is 0 Å². The van der Waals surface area contributed by atoms with Crippen molar-refractivity contribution in [2.45, 2.75) is 73.8 Å². The minimum absolute atomic E-state index is 0.259. The summed E-state index contributed by atoms with van der Waals surface area (Å²) in [6, 6.07) is 0. The Morgan fingerprint density at radius 1 is 1.00 bits per heavy atom. The van der Waals surface area contributed by atoms with E-state index in [0.717, 1.165) is 12.5 Å². The van der Waals surface area contributed by atoms with Gasteiger partial charge in [0.25, 0.3) is 0 Å². The van der Waals surface area contributed by atoms with Crippen molar-refractivity contribution < 1.29 is 4.74 Å². The van der Waals surface area contributed by atoms with E-state index >= 15 is 0 Å². The molecule has 0 spiro atoms. The van der Waals surface area contributed by atoms with Crippen molar-refractivity contribution in [3.8, 4) is 0 Å². The Bertz CT molecular complexity index is 231. The maximum atomic E-state index is 6.25. The molecule has 1 heterocycles. The Kier molecular flexibility index (Phi) is 4.68. The second kappa shape index (κ2) is 5.30. The molecule has 0 aromatic heterocycles. The van der Waals surface area contributed by atoms with E-state index < -0.39 is 0 Å². The first-order valence-electron chi connectivity index (χ1n) is 7.28. The molecule has 1 saturated heterocycles. The van der Waals surface area contributed by atoms with Crippen LogP contribution in [0.2, 0.25) is 0 Å². The van der Waals surface area contributed by atoms with Gasteiger partial charge >= 0.3 is 0 Å². The number of ether oxygens (including phenoxy) is 1. The highest BCUT2D eigenvalue weighted by Crippen LogP contribution is 2.45. The SMILES string of the molecule is CCCC1COC(C(C)(C)C)C(C(C)(C)C)C1. The highest BCUT2D eigenvalue weighted by molar-refractivity contribution is 4.92. The minimum atomic E-state index is 0.259. The highest BCUT2D eigenvalue weighted by atomic mass is 16.5. The molecule has 1 heteroatoms. The second-order valence-electron chi connectivity index (χ2n) is 7.98. The van der Waals surface area contributed by atoms with Crippen molar-refractivity contribution in [3.05, 3.63) is 0 Å². The van der Waals surface area contributed by atoms with E-state index in [1.165, 1.54) is 19.3 Å². The molecular weight excluding hydrogens is 208 g/mol. The van der Waals surface area contributed by atoms with E-state index in [-0.39, 0.29) is 5.41 Å². The van der Waals surface area contributed by atoms with Crippen LogP contribution in [0.15, 0.2) is 0 Å². The first-order valence-corrected chi connectivity index (χ1v) is 7.28. The van der Waals surface area contributed by atoms with Crippen molar-refractivity contribution >= 4 is 0 Å². The highest BCUT2D eigenvalue weighted by Gasteiger charge is 2.43. The maximum Gasteiger partial charge on any atom is 0.0656 e. The van der Waals surface area contributed by atoms with Crippen LogP contribution in [0.25, 0.3) is 0 Å². The molecule has 3 atom stereocenters. The predicted octanol–water partition coefficient (Wildman–Crippen LogP) is 4.90. The zero-order valence-corrected chi connectivity index (χ0v) is 13.0. The van der Waals surface area contributed by atoms with Crippen LogP contribution in [0.5, 0.6) is 0 Å². The maximum absolute atomic E-state index is 6.25. The zero-order chi connectivity index (χ0) is 13.3. The van der Waals surface area contributed by atoms with Crippen LogP contribution in [0.1, 0.15) is 67.7 Å². The van der Waals surface area contributed by atoms with Gasteiger partial charge in [0.1, 0.15) is 0 Å². The van der Waals surface area contributed by atoms with E-state index in [2.05, 4.69) is 48.5 Å². The molecule has 17 heavy (non-hydrogen) atoms. The van der Waals surface area contributed by atoms with Crippen LogP contribution in [-0.2, 0) is 4.74 Å². The first kappa shape index (κ1) is 15.0. The van der Waals surface area contributed by atoms with Crippen molar-refractivity contribution in [1.29, 1.82) is 0 Å². The third-order valence-corrected chi connectivity index (χ3v) is 4.13. The first-order chi connectivity index (χ1) is 7.66. The quantitative estimate of drug-likeness (QED) is 0.667. The Morgan fingerprint density at radius 2 is 1.59 bits per heavy atom. The van der Waals surface area contributed by atoms with Gasteiger partial charge in [0.2, 0.25) is 0 Å². The molecule has 0 radical (unpaired) electrons. The minimum Gasteiger partial charge on any atom is -0.377 e. The number of rotatable bonds is 2. The fourth-order valence-corrected chi connectivity index (χ4v) is 3.18. The molecule has 1 aliphatic rings. The van der Waals surface area contributed by atoms with Gasteiger partial charge in [0.05, 0.1) is 6.10 Å². The van der Waals surface area contributed by atoms with Crippen molar-refractivity contribution in [3.63, 3.8) is 0 Å². The zero-order valence-electron chi connectivity index (χ0n) is 13.0. The van der Waals surface area contributed by atoms with Gasteiger partial charge < -0.3 is 4.74 Å². The number of hydrogen-bond acceptors (Lipinski definition) is 1. The van der Waals surface area contributed by atoms with Gasteiger partial charge in [0, 0.05) is 6.61 Å². The van der Waals surface area contributed by atoms with Gasteiger partial charge in [-0.1, -0.05) is 54.9 Å². The molecule has 0 bridgehead atoms. The Labute approximate surface area is 108 Å². The summed E-state index contributed by atoms with van der Waals surface area (Å²) < 4.78 is 6.25. The molecule has 0 amide bonds. The topological polar surface area (TPSA) is 9.23 Å². The van der Waals surface area contributed by atoms with Gasteiger partial charge in [-0.25, -0.2) is 0 Å². The standard InChI is InChI=1S/C16H32O/c1-8-9-12-10-13(15(2,3)4)14(17-11-12)16(5,6)7/h12-14H,8-11H2,1-7H3. The summed E-state index contributed by atoms with van der Waals surface area (Å²) >= 11 is 0. The molecule has 0 aromatic carbocycles. The van der Waals surface area contributed by atoms with Crippen LogP contribution in [0.3, 0.4) is 0 Å². The van der Waals surface area contributed by atoms with Gasteiger partial charge in [-0.15, -0.1) is 0 Å². The fraction of sp³-hybridized carbons (Fsp3) is 1.00. The van der Waals surface area contributed by atoms with E-state index in [0.29, 0.717) is 17.4 Å². The largest absolute Gasteiger partial charge is 0.377 e. The van der Waals surface area contributed by atoms with E-state index in [1.807, 2.05) is 0 Å². The predicted molar refractivity (Wildman–Crippen MR) is 75.2 cm³/mol. The van der Waals surface area contributed by atoms with Crippen LogP contribution in [-0.4, -0.2) is 12.7 Å². The Balaban J connectivity index is 2.80.